The van der Waals surface area contributed by atoms with Crippen LogP contribution in [-0.4, -0.2) is 18.8 Å². The number of fused-ring (bicyclic) bond motifs is 1. The van der Waals surface area contributed by atoms with Crippen LogP contribution in [0.25, 0.3) is 0 Å². The van der Waals surface area contributed by atoms with Crippen molar-refractivity contribution in [1.82, 2.24) is 0 Å². The van der Waals surface area contributed by atoms with Gasteiger partial charge in [-0.2, -0.15) is 0 Å². The maximum Gasteiger partial charge on any atom is 0.0693 e. The molecule has 3 rings (SSSR count). The molecule has 0 aromatic heterocycles. The van der Waals surface area contributed by atoms with Crippen molar-refractivity contribution in [1.29, 1.82) is 0 Å². The standard InChI is InChI=1S/C16H23NO/c1-11-6-8-12(9-7-11)17-14-13-5-4-10-18-15(13)16(14,2)3/h6-9,13-15,17H,4-5,10H2,1-3H3. The summed E-state index contributed by atoms with van der Waals surface area (Å²) in [7, 11) is 0. The van der Waals surface area contributed by atoms with Crippen molar-refractivity contribution >= 4 is 5.69 Å². The molecule has 0 spiro atoms. The van der Waals surface area contributed by atoms with Gasteiger partial charge in [-0.1, -0.05) is 31.5 Å². The summed E-state index contributed by atoms with van der Waals surface area (Å²) in [6.45, 7) is 7.72. The van der Waals surface area contributed by atoms with Crippen LogP contribution in [0.4, 0.5) is 5.69 Å². The van der Waals surface area contributed by atoms with Crippen LogP contribution in [0, 0.1) is 18.3 Å². The van der Waals surface area contributed by atoms with Gasteiger partial charge in [0.25, 0.3) is 0 Å². The zero-order valence-corrected chi connectivity index (χ0v) is 11.6. The molecule has 2 aliphatic rings. The minimum absolute atomic E-state index is 0.246. The first-order chi connectivity index (χ1) is 8.59. The van der Waals surface area contributed by atoms with Gasteiger partial charge >= 0.3 is 0 Å². The Morgan fingerprint density at radius 1 is 1.22 bits per heavy atom. The molecule has 0 amide bonds. The fourth-order valence-corrected chi connectivity index (χ4v) is 3.64. The summed E-state index contributed by atoms with van der Waals surface area (Å²) in [5, 5.41) is 3.72. The Morgan fingerprint density at radius 3 is 2.67 bits per heavy atom. The van der Waals surface area contributed by atoms with Crippen LogP contribution in [0.15, 0.2) is 24.3 Å². The van der Waals surface area contributed by atoms with Gasteiger partial charge in [0.05, 0.1) is 6.10 Å². The molecule has 0 radical (unpaired) electrons. The Bertz CT molecular complexity index is 423. The minimum Gasteiger partial charge on any atom is -0.381 e. The highest BCUT2D eigenvalue weighted by atomic mass is 16.5. The lowest BCUT2D eigenvalue weighted by Crippen LogP contribution is -2.67. The zero-order valence-electron chi connectivity index (χ0n) is 11.6. The molecule has 1 aromatic carbocycles. The lowest BCUT2D eigenvalue weighted by Gasteiger charge is -2.60. The average molecular weight is 245 g/mol. The Morgan fingerprint density at radius 2 is 1.94 bits per heavy atom. The third-order valence-corrected chi connectivity index (χ3v) is 4.70. The van der Waals surface area contributed by atoms with Gasteiger partial charge in [0.15, 0.2) is 0 Å². The lowest BCUT2D eigenvalue weighted by atomic mass is 9.55. The molecule has 1 aliphatic carbocycles. The molecule has 1 saturated heterocycles. The molecule has 2 heteroatoms. The van der Waals surface area contributed by atoms with Crippen LogP contribution in [0.5, 0.6) is 0 Å². The van der Waals surface area contributed by atoms with Crippen LogP contribution in [0.1, 0.15) is 32.3 Å². The van der Waals surface area contributed by atoms with Gasteiger partial charge in [0.1, 0.15) is 0 Å². The second-order valence-electron chi connectivity index (χ2n) is 6.41. The molecule has 2 nitrogen and oxygen atoms in total. The summed E-state index contributed by atoms with van der Waals surface area (Å²) in [5.41, 5.74) is 2.80. The summed E-state index contributed by atoms with van der Waals surface area (Å²) in [4.78, 5) is 0. The molecular formula is C16H23NO. The van der Waals surface area contributed by atoms with Crippen molar-refractivity contribution in [2.45, 2.75) is 45.8 Å². The highest BCUT2D eigenvalue weighted by molar-refractivity contribution is 5.47. The summed E-state index contributed by atoms with van der Waals surface area (Å²) >= 11 is 0. The van der Waals surface area contributed by atoms with Crippen molar-refractivity contribution in [3.63, 3.8) is 0 Å². The highest BCUT2D eigenvalue weighted by Gasteiger charge is 2.57. The van der Waals surface area contributed by atoms with E-state index in [4.69, 9.17) is 4.74 Å². The minimum atomic E-state index is 0.246. The van der Waals surface area contributed by atoms with Crippen LogP contribution in [0.2, 0.25) is 0 Å². The smallest absolute Gasteiger partial charge is 0.0693 e. The van der Waals surface area contributed by atoms with Gasteiger partial charge in [-0.15, -0.1) is 0 Å². The molecule has 98 valence electrons. The maximum absolute atomic E-state index is 5.94. The Balaban J connectivity index is 1.74. The summed E-state index contributed by atoms with van der Waals surface area (Å²) < 4.78 is 5.94. The van der Waals surface area contributed by atoms with Gasteiger partial charge in [-0.3, -0.25) is 0 Å². The second-order valence-corrected chi connectivity index (χ2v) is 6.41. The zero-order chi connectivity index (χ0) is 12.8. The van der Waals surface area contributed by atoms with E-state index in [0.717, 1.165) is 6.61 Å². The van der Waals surface area contributed by atoms with Crippen LogP contribution < -0.4 is 5.32 Å². The molecule has 0 bridgehead atoms. The molecule has 1 aromatic rings. The van der Waals surface area contributed by atoms with Gasteiger partial charge in [-0.05, 0) is 31.9 Å². The molecule has 1 aliphatic heterocycles. The van der Waals surface area contributed by atoms with E-state index in [1.807, 2.05) is 0 Å². The Kier molecular flexibility index (Phi) is 2.86. The van der Waals surface area contributed by atoms with E-state index in [1.54, 1.807) is 0 Å². The summed E-state index contributed by atoms with van der Waals surface area (Å²) in [5.74, 6) is 0.690. The SMILES string of the molecule is Cc1ccc(NC2C3CCCOC3C2(C)C)cc1. The molecule has 3 unspecified atom stereocenters. The monoisotopic (exact) mass is 245 g/mol. The van der Waals surface area contributed by atoms with Gasteiger partial charge in [0.2, 0.25) is 0 Å². The number of nitrogens with one attached hydrogen (secondary N) is 1. The maximum atomic E-state index is 5.94. The number of ether oxygens (including phenoxy) is 1. The van der Waals surface area contributed by atoms with Crippen molar-refractivity contribution < 1.29 is 4.74 Å². The molecule has 1 heterocycles. The molecule has 1 N–H and O–H groups in total. The topological polar surface area (TPSA) is 21.3 Å². The highest BCUT2D eigenvalue weighted by Crippen LogP contribution is 2.52. The number of aryl methyl sites for hydroxylation is 1. The van der Waals surface area contributed by atoms with E-state index >= 15 is 0 Å². The van der Waals surface area contributed by atoms with Crippen LogP contribution >= 0.6 is 0 Å². The first-order valence-electron chi connectivity index (χ1n) is 7.04. The van der Waals surface area contributed by atoms with E-state index < -0.39 is 0 Å². The first-order valence-corrected chi connectivity index (χ1v) is 7.04. The molecule has 2 fully saturated rings. The van der Waals surface area contributed by atoms with Gasteiger partial charge in [-0.25, -0.2) is 0 Å². The van der Waals surface area contributed by atoms with Gasteiger partial charge in [0, 0.05) is 29.7 Å². The van der Waals surface area contributed by atoms with E-state index in [1.165, 1.54) is 24.1 Å². The third kappa shape index (κ3) is 1.83. The van der Waals surface area contributed by atoms with Crippen LogP contribution in [-0.2, 0) is 4.74 Å². The quantitative estimate of drug-likeness (QED) is 0.859. The summed E-state index contributed by atoms with van der Waals surface area (Å²) in [6.07, 6.45) is 2.97. The first kappa shape index (κ1) is 12.0. The number of rotatable bonds is 2. The number of benzene rings is 1. The molecule has 18 heavy (non-hydrogen) atoms. The largest absolute Gasteiger partial charge is 0.381 e. The Labute approximate surface area is 110 Å². The second kappa shape index (κ2) is 4.27. The lowest BCUT2D eigenvalue weighted by molar-refractivity contribution is -0.177. The van der Waals surface area contributed by atoms with Crippen molar-refractivity contribution in [3.8, 4) is 0 Å². The van der Waals surface area contributed by atoms with E-state index in [-0.39, 0.29) is 5.41 Å². The summed E-state index contributed by atoms with van der Waals surface area (Å²) in [6, 6.07) is 9.25. The average Bonchev–Trinajstić information content (AvgIpc) is 2.38. The fourth-order valence-electron chi connectivity index (χ4n) is 3.64. The van der Waals surface area contributed by atoms with Crippen molar-refractivity contribution in [3.05, 3.63) is 29.8 Å². The predicted molar refractivity (Wildman–Crippen MR) is 74.8 cm³/mol. The van der Waals surface area contributed by atoms with E-state index in [0.29, 0.717) is 18.1 Å². The normalized spacial score (nSPS) is 33.4. The van der Waals surface area contributed by atoms with Crippen LogP contribution in [0.3, 0.4) is 0 Å². The van der Waals surface area contributed by atoms with Crippen molar-refractivity contribution in [2.24, 2.45) is 11.3 Å². The van der Waals surface area contributed by atoms with E-state index in [2.05, 4.69) is 50.4 Å². The predicted octanol–water partition coefficient (Wildman–Crippen LogP) is 3.61. The molecule has 3 atom stereocenters. The van der Waals surface area contributed by atoms with E-state index in [9.17, 15) is 0 Å². The molecular weight excluding hydrogens is 222 g/mol. The Hall–Kier alpha value is -1.02. The number of hydrogen-bond acceptors (Lipinski definition) is 2. The van der Waals surface area contributed by atoms with Crippen molar-refractivity contribution in [2.75, 3.05) is 11.9 Å². The number of anilines is 1. The third-order valence-electron chi connectivity index (χ3n) is 4.70. The van der Waals surface area contributed by atoms with Gasteiger partial charge < -0.3 is 10.1 Å². The number of hydrogen-bond donors (Lipinski definition) is 1. The molecule has 1 saturated carbocycles. The fraction of sp³-hybridized carbons (Fsp3) is 0.625.